The molecule has 0 heterocycles. The Morgan fingerprint density at radius 1 is 1.00 bits per heavy atom. The van der Waals surface area contributed by atoms with Gasteiger partial charge >= 0.3 is 0 Å². The summed E-state index contributed by atoms with van der Waals surface area (Å²) in [5.41, 5.74) is -2.21. The third-order valence-corrected chi connectivity index (χ3v) is 2.54. The van der Waals surface area contributed by atoms with E-state index in [9.17, 15) is 33.2 Å². The maximum Gasteiger partial charge on any atom is 0.293 e. The van der Waals surface area contributed by atoms with E-state index in [4.69, 9.17) is 0 Å². The number of hydrogen-bond acceptors (Lipinski definition) is 7. The molecule has 16 heavy (non-hydrogen) atoms. The first-order chi connectivity index (χ1) is 7.25. The molecule has 0 unspecified atom stereocenters. The molecule has 0 aliphatic heterocycles. The van der Waals surface area contributed by atoms with Gasteiger partial charge in [-0.15, -0.1) is 0 Å². The zero-order valence-corrected chi connectivity index (χ0v) is 8.21. The Morgan fingerprint density at radius 3 is 1.62 bits per heavy atom. The molecule has 86 valence electrons. The average Bonchev–Trinajstić information content (AvgIpc) is 2.15. The molecule has 0 radical (unpaired) electrons. The predicted molar refractivity (Wildman–Crippen MR) is 47.7 cm³/mol. The van der Waals surface area contributed by atoms with Crippen LogP contribution in [0.3, 0.4) is 0 Å². The highest BCUT2D eigenvalue weighted by atomic mass is 32.2. The maximum absolute atomic E-state index is 10.7. The summed E-state index contributed by atoms with van der Waals surface area (Å²) in [6, 6.07) is 2.33. The van der Waals surface area contributed by atoms with Crippen molar-refractivity contribution in [1.82, 2.24) is 0 Å². The zero-order valence-electron chi connectivity index (χ0n) is 7.39. The van der Waals surface area contributed by atoms with Crippen molar-refractivity contribution in [1.29, 1.82) is 0 Å². The first kappa shape index (κ1) is 12.0. The fourth-order valence-corrected chi connectivity index (χ4v) is 1.85. The zero-order chi connectivity index (χ0) is 12.5. The quantitative estimate of drug-likeness (QED) is 0.427. The summed E-state index contributed by atoms with van der Waals surface area (Å²) in [4.78, 5) is 17.1. The molecule has 1 aromatic carbocycles. The Kier molecular flexibility index (Phi) is 2.87. The van der Waals surface area contributed by atoms with Gasteiger partial charge in [-0.3, -0.25) is 20.2 Å². The number of rotatable bonds is 3. The minimum atomic E-state index is -5.29. The monoisotopic (exact) mass is 247 g/mol. The van der Waals surface area contributed by atoms with E-state index in [1.54, 1.807) is 0 Å². The van der Waals surface area contributed by atoms with Crippen molar-refractivity contribution >= 4 is 21.5 Å². The summed E-state index contributed by atoms with van der Waals surface area (Å²) < 4.78 is 32.2. The van der Waals surface area contributed by atoms with Gasteiger partial charge in [0.2, 0.25) is 4.90 Å². The van der Waals surface area contributed by atoms with Crippen LogP contribution in [0.25, 0.3) is 0 Å². The van der Waals surface area contributed by atoms with Gasteiger partial charge in [0.05, 0.1) is 9.85 Å². The van der Waals surface area contributed by atoms with Gasteiger partial charge in [0.15, 0.2) is 0 Å². The van der Waals surface area contributed by atoms with Crippen molar-refractivity contribution in [2.45, 2.75) is 4.90 Å². The van der Waals surface area contributed by atoms with Crippen molar-refractivity contribution in [3.05, 3.63) is 38.4 Å². The molecule has 0 aliphatic carbocycles. The molecule has 0 atom stereocenters. The minimum absolute atomic E-state index is 0.706. The smallest absolute Gasteiger partial charge is 0.293 e. The molecule has 0 aromatic heterocycles. The van der Waals surface area contributed by atoms with Crippen LogP contribution in [-0.4, -0.2) is 22.8 Å². The lowest BCUT2D eigenvalue weighted by Gasteiger charge is -2.07. The molecule has 0 aliphatic rings. The van der Waals surface area contributed by atoms with Gasteiger partial charge in [-0.25, -0.2) is 8.42 Å². The number of hydrogen-bond donors (Lipinski definition) is 0. The van der Waals surface area contributed by atoms with Crippen LogP contribution in [0, 0.1) is 20.2 Å². The predicted octanol–water partition coefficient (Wildman–Crippen LogP) is 0.407. The van der Waals surface area contributed by atoms with E-state index in [1.165, 1.54) is 0 Å². The second kappa shape index (κ2) is 3.83. The molecular formula is C6H3N2O7S-. The van der Waals surface area contributed by atoms with E-state index in [2.05, 4.69) is 0 Å². The van der Waals surface area contributed by atoms with E-state index in [-0.39, 0.29) is 0 Å². The van der Waals surface area contributed by atoms with Crippen LogP contribution in [0.2, 0.25) is 0 Å². The van der Waals surface area contributed by atoms with E-state index < -0.39 is 36.2 Å². The molecule has 0 spiro atoms. The highest BCUT2D eigenvalue weighted by Gasteiger charge is 2.29. The third kappa shape index (κ3) is 2.12. The number of nitro groups is 2. The highest BCUT2D eigenvalue weighted by Crippen LogP contribution is 2.31. The highest BCUT2D eigenvalue weighted by molar-refractivity contribution is 7.86. The lowest BCUT2D eigenvalue weighted by Crippen LogP contribution is -2.07. The van der Waals surface area contributed by atoms with Crippen molar-refractivity contribution in [2.75, 3.05) is 0 Å². The molecule has 0 amide bonds. The van der Waals surface area contributed by atoms with Crippen molar-refractivity contribution < 1.29 is 22.8 Å². The Bertz CT molecular complexity index is 532. The molecule has 0 saturated carbocycles. The van der Waals surface area contributed by atoms with Gasteiger partial charge < -0.3 is 4.55 Å². The van der Waals surface area contributed by atoms with Crippen LogP contribution in [0.5, 0.6) is 0 Å². The fourth-order valence-electron chi connectivity index (χ4n) is 1.06. The molecule has 0 N–H and O–H groups in total. The summed E-state index contributed by atoms with van der Waals surface area (Å²) in [5.74, 6) is 0. The first-order valence-corrected chi connectivity index (χ1v) is 5.03. The van der Waals surface area contributed by atoms with Gasteiger partial charge in [0, 0.05) is 12.1 Å². The average molecular weight is 247 g/mol. The summed E-state index contributed by atoms with van der Waals surface area (Å²) in [6.45, 7) is 0. The SMILES string of the molecule is O=[N+]([O-])c1cccc([N+](=O)[O-])c1S(=O)(=O)[O-]. The molecule has 0 fully saturated rings. The Balaban J connectivity index is 3.75. The van der Waals surface area contributed by atoms with Crippen LogP contribution < -0.4 is 0 Å². The van der Waals surface area contributed by atoms with Crippen molar-refractivity contribution in [3.8, 4) is 0 Å². The Hall–Kier alpha value is -2.07. The summed E-state index contributed by atoms with van der Waals surface area (Å²) in [5, 5.41) is 20.8. The van der Waals surface area contributed by atoms with Gasteiger partial charge in [-0.05, 0) is 6.07 Å². The lowest BCUT2D eigenvalue weighted by atomic mass is 10.3. The summed E-state index contributed by atoms with van der Waals surface area (Å²) in [7, 11) is -5.29. The van der Waals surface area contributed by atoms with E-state index in [0.717, 1.165) is 6.07 Å². The van der Waals surface area contributed by atoms with Crippen LogP contribution >= 0.6 is 0 Å². The number of benzene rings is 1. The van der Waals surface area contributed by atoms with E-state index in [0.29, 0.717) is 12.1 Å². The molecule has 0 saturated heterocycles. The fraction of sp³-hybridized carbons (Fsp3) is 0. The van der Waals surface area contributed by atoms with E-state index >= 15 is 0 Å². The largest absolute Gasteiger partial charge is 0.744 e. The molecule has 0 bridgehead atoms. The molecule has 1 aromatic rings. The first-order valence-electron chi connectivity index (χ1n) is 3.63. The molecular weight excluding hydrogens is 244 g/mol. The van der Waals surface area contributed by atoms with Crippen molar-refractivity contribution in [3.63, 3.8) is 0 Å². The van der Waals surface area contributed by atoms with Gasteiger partial charge in [0.1, 0.15) is 10.1 Å². The van der Waals surface area contributed by atoms with Crippen molar-refractivity contribution in [2.24, 2.45) is 0 Å². The van der Waals surface area contributed by atoms with Gasteiger partial charge in [-0.2, -0.15) is 0 Å². The topological polar surface area (TPSA) is 143 Å². The Morgan fingerprint density at radius 2 is 1.38 bits per heavy atom. The Labute approximate surface area is 88.4 Å². The number of nitrogens with zero attached hydrogens (tertiary/aromatic N) is 2. The van der Waals surface area contributed by atoms with Gasteiger partial charge in [0.25, 0.3) is 11.4 Å². The van der Waals surface area contributed by atoms with Crippen LogP contribution in [0.1, 0.15) is 0 Å². The minimum Gasteiger partial charge on any atom is -0.744 e. The maximum atomic E-state index is 10.7. The van der Waals surface area contributed by atoms with Crippen LogP contribution in [0.15, 0.2) is 23.1 Å². The van der Waals surface area contributed by atoms with Gasteiger partial charge in [-0.1, -0.05) is 0 Å². The standard InChI is InChI=1S/C6H4N2O7S/c9-7(10)4-2-1-3-5(8(11)12)6(4)16(13,14)15/h1-3H,(H,13,14,15)/p-1. The van der Waals surface area contributed by atoms with E-state index in [1.807, 2.05) is 0 Å². The third-order valence-electron chi connectivity index (χ3n) is 1.62. The molecule has 10 heteroatoms. The summed E-state index contributed by atoms with van der Waals surface area (Å²) >= 11 is 0. The van der Waals surface area contributed by atoms with Crippen LogP contribution in [0.4, 0.5) is 11.4 Å². The molecule has 1 rings (SSSR count). The lowest BCUT2D eigenvalue weighted by molar-refractivity contribution is -0.400. The van der Waals surface area contributed by atoms with Crippen LogP contribution in [-0.2, 0) is 10.1 Å². The second-order valence-corrected chi connectivity index (χ2v) is 3.91. The molecule has 9 nitrogen and oxygen atoms in total. The number of nitro benzene ring substituents is 2. The summed E-state index contributed by atoms with van der Waals surface area (Å²) in [6.07, 6.45) is 0. The normalized spacial score (nSPS) is 11.1. The second-order valence-electron chi connectivity index (χ2n) is 2.59.